The fourth-order valence-electron chi connectivity index (χ4n) is 3.62. The van der Waals surface area contributed by atoms with Crippen LogP contribution in [0.3, 0.4) is 0 Å². The van der Waals surface area contributed by atoms with Crippen molar-refractivity contribution in [3.8, 4) is 11.1 Å². The molecule has 0 radical (unpaired) electrons. The lowest BCUT2D eigenvalue weighted by Gasteiger charge is -2.14. The maximum Gasteiger partial charge on any atom is 0.137 e. The number of rotatable bonds is 5. The van der Waals surface area contributed by atoms with Crippen molar-refractivity contribution < 1.29 is 0 Å². The van der Waals surface area contributed by atoms with Gasteiger partial charge in [-0.05, 0) is 17.7 Å². The van der Waals surface area contributed by atoms with E-state index in [1.165, 1.54) is 21.9 Å². The highest BCUT2D eigenvalue weighted by Crippen LogP contribution is 2.38. The largest absolute Gasteiger partial charge is 0.383 e. The van der Waals surface area contributed by atoms with Crippen LogP contribution in [0.4, 0.5) is 5.69 Å². The summed E-state index contributed by atoms with van der Waals surface area (Å²) >= 11 is 0. The number of hydrogen-bond donors (Lipinski definition) is 2. The molecule has 3 aromatic carbocycles. The summed E-state index contributed by atoms with van der Waals surface area (Å²) in [6, 6.07) is 23.3. The number of anilines is 1. The van der Waals surface area contributed by atoms with E-state index in [4.69, 9.17) is 0 Å². The van der Waals surface area contributed by atoms with E-state index in [1.54, 1.807) is 12.7 Å². The molecule has 5 nitrogen and oxygen atoms in total. The lowest BCUT2D eigenvalue weighted by molar-refractivity contribution is 0.636. The first kappa shape index (κ1) is 15.6. The molecule has 0 amide bonds. The number of para-hydroxylation sites is 1. The van der Waals surface area contributed by atoms with Gasteiger partial charge in [0.2, 0.25) is 0 Å². The number of aromatic amines is 1. The van der Waals surface area contributed by atoms with E-state index < -0.39 is 0 Å². The van der Waals surface area contributed by atoms with Crippen molar-refractivity contribution in [3.05, 3.63) is 79.4 Å². The molecule has 2 heterocycles. The topological polar surface area (TPSA) is 58.5 Å². The number of fused-ring (bicyclic) bond motifs is 3. The highest BCUT2D eigenvalue weighted by Gasteiger charge is 2.13. The normalized spacial score (nSPS) is 11.3. The summed E-state index contributed by atoms with van der Waals surface area (Å²) in [5.41, 5.74) is 5.82. The zero-order valence-corrected chi connectivity index (χ0v) is 14.8. The van der Waals surface area contributed by atoms with E-state index in [1.807, 2.05) is 10.7 Å². The molecule has 0 saturated heterocycles. The van der Waals surface area contributed by atoms with Gasteiger partial charge in [-0.3, -0.25) is 4.68 Å². The Morgan fingerprint density at radius 3 is 2.59 bits per heavy atom. The number of benzene rings is 3. The summed E-state index contributed by atoms with van der Waals surface area (Å²) < 4.78 is 1.83. The van der Waals surface area contributed by atoms with Crippen molar-refractivity contribution in [1.82, 2.24) is 19.7 Å². The quantitative estimate of drug-likeness (QED) is 0.482. The minimum absolute atomic E-state index is 0.763. The van der Waals surface area contributed by atoms with Crippen LogP contribution in [0.2, 0.25) is 0 Å². The Bertz CT molecular complexity index is 1190. The minimum Gasteiger partial charge on any atom is -0.383 e. The van der Waals surface area contributed by atoms with Crippen LogP contribution in [0.1, 0.15) is 0 Å². The first-order chi connectivity index (χ1) is 13.4. The predicted octanol–water partition coefficient (Wildman–Crippen LogP) is 4.69. The zero-order valence-electron chi connectivity index (χ0n) is 14.8. The smallest absolute Gasteiger partial charge is 0.137 e. The SMILES string of the molecule is c1ccc(-c2c(NCCn3cncn3)ccc3c2[nH]c2ccccc23)cc1. The minimum atomic E-state index is 0.763. The van der Waals surface area contributed by atoms with Gasteiger partial charge in [0.05, 0.1) is 12.1 Å². The average Bonchev–Trinajstić information content (AvgIpc) is 3.36. The van der Waals surface area contributed by atoms with Crippen LogP contribution in [0.5, 0.6) is 0 Å². The van der Waals surface area contributed by atoms with Gasteiger partial charge in [-0.2, -0.15) is 5.10 Å². The van der Waals surface area contributed by atoms with Gasteiger partial charge in [0, 0.05) is 34.1 Å². The van der Waals surface area contributed by atoms with Crippen LogP contribution in [0.15, 0.2) is 79.4 Å². The van der Waals surface area contributed by atoms with Crippen molar-refractivity contribution in [2.75, 3.05) is 11.9 Å². The van der Waals surface area contributed by atoms with Crippen LogP contribution in [-0.4, -0.2) is 26.3 Å². The number of nitrogens with one attached hydrogen (secondary N) is 2. The molecule has 2 aromatic heterocycles. The Hall–Kier alpha value is -3.60. The molecular formula is C22H19N5. The lowest BCUT2D eigenvalue weighted by atomic mass is 10.00. The van der Waals surface area contributed by atoms with Crippen LogP contribution in [-0.2, 0) is 6.54 Å². The fraction of sp³-hybridized carbons (Fsp3) is 0.0909. The molecule has 0 bridgehead atoms. The van der Waals surface area contributed by atoms with Gasteiger partial charge in [-0.1, -0.05) is 54.6 Å². The summed E-state index contributed by atoms with van der Waals surface area (Å²) in [6.45, 7) is 1.54. The van der Waals surface area contributed by atoms with Gasteiger partial charge in [0.25, 0.3) is 0 Å². The standard InChI is InChI=1S/C22H19N5/c1-2-6-16(7-3-1)21-20(24-12-13-27-15-23-14-25-27)11-10-18-17-8-4-5-9-19(17)26-22(18)21/h1-11,14-15,24,26H,12-13H2. The summed E-state index contributed by atoms with van der Waals surface area (Å²) in [6.07, 6.45) is 3.30. The van der Waals surface area contributed by atoms with Crippen molar-refractivity contribution >= 4 is 27.5 Å². The molecule has 5 heteroatoms. The predicted molar refractivity (Wildman–Crippen MR) is 110 cm³/mol. The molecule has 0 fully saturated rings. The van der Waals surface area contributed by atoms with Gasteiger partial charge in [0.1, 0.15) is 12.7 Å². The van der Waals surface area contributed by atoms with Crippen LogP contribution in [0, 0.1) is 0 Å². The number of aromatic nitrogens is 4. The van der Waals surface area contributed by atoms with Crippen molar-refractivity contribution in [2.45, 2.75) is 6.54 Å². The van der Waals surface area contributed by atoms with Crippen molar-refractivity contribution in [1.29, 1.82) is 0 Å². The summed E-state index contributed by atoms with van der Waals surface area (Å²) in [7, 11) is 0. The molecule has 132 valence electrons. The van der Waals surface area contributed by atoms with Crippen LogP contribution < -0.4 is 5.32 Å². The van der Waals surface area contributed by atoms with E-state index in [0.717, 1.165) is 29.8 Å². The molecule has 0 unspecified atom stereocenters. The Balaban J connectivity index is 1.62. The maximum atomic E-state index is 4.17. The highest BCUT2D eigenvalue weighted by molar-refractivity contribution is 6.14. The molecule has 2 N–H and O–H groups in total. The number of hydrogen-bond acceptors (Lipinski definition) is 3. The second-order valence-electron chi connectivity index (χ2n) is 6.53. The molecule has 5 rings (SSSR count). The molecular weight excluding hydrogens is 334 g/mol. The second-order valence-corrected chi connectivity index (χ2v) is 6.53. The van der Waals surface area contributed by atoms with Gasteiger partial charge in [0.15, 0.2) is 0 Å². The summed E-state index contributed by atoms with van der Waals surface area (Å²) in [4.78, 5) is 7.62. The molecule has 27 heavy (non-hydrogen) atoms. The number of nitrogens with zero attached hydrogens (tertiary/aromatic N) is 3. The Labute approximate surface area is 156 Å². The highest BCUT2D eigenvalue weighted by atomic mass is 15.3. The first-order valence-corrected chi connectivity index (χ1v) is 9.05. The molecule has 5 aromatic rings. The third-order valence-electron chi connectivity index (χ3n) is 4.87. The Morgan fingerprint density at radius 1 is 0.889 bits per heavy atom. The lowest BCUT2D eigenvalue weighted by Crippen LogP contribution is -2.11. The van der Waals surface area contributed by atoms with E-state index in [-0.39, 0.29) is 0 Å². The van der Waals surface area contributed by atoms with Crippen molar-refractivity contribution in [3.63, 3.8) is 0 Å². The molecule has 0 aliphatic rings. The molecule has 0 aliphatic carbocycles. The van der Waals surface area contributed by atoms with Gasteiger partial charge < -0.3 is 10.3 Å². The molecule has 0 atom stereocenters. The monoisotopic (exact) mass is 353 g/mol. The molecule has 0 saturated carbocycles. The summed E-state index contributed by atoms with van der Waals surface area (Å²) in [5, 5.41) is 10.2. The fourth-order valence-corrected chi connectivity index (χ4v) is 3.62. The van der Waals surface area contributed by atoms with E-state index in [9.17, 15) is 0 Å². The molecule has 0 spiro atoms. The number of H-pyrrole nitrogens is 1. The maximum absolute atomic E-state index is 4.17. The van der Waals surface area contributed by atoms with Crippen LogP contribution >= 0.6 is 0 Å². The van der Waals surface area contributed by atoms with Gasteiger partial charge in [-0.15, -0.1) is 0 Å². The third kappa shape index (κ3) is 2.83. The Kier molecular flexibility index (Phi) is 3.83. The average molecular weight is 353 g/mol. The van der Waals surface area contributed by atoms with E-state index >= 15 is 0 Å². The zero-order chi connectivity index (χ0) is 18.1. The van der Waals surface area contributed by atoms with Gasteiger partial charge >= 0.3 is 0 Å². The first-order valence-electron chi connectivity index (χ1n) is 9.05. The van der Waals surface area contributed by atoms with Gasteiger partial charge in [-0.25, -0.2) is 4.98 Å². The summed E-state index contributed by atoms with van der Waals surface area (Å²) in [5.74, 6) is 0. The van der Waals surface area contributed by atoms with E-state index in [2.05, 4.69) is 81.0 Å². The third-order valence-corrected chi connectivity index (χ3v) is 4.87. The van der Waals surface area contributed by atoms with E-state index in [0.29, 0.717) is 0 Å². The molecule has 0 aliphatic heterocycles. The van der Waals surface area contributed by atoms with Crippen LogP contribution in [0.25, 0.3) is 32.9 Å². The Morgan fingerprint density at radius 2 is 1.74 bits per heavy atom. The second kappa shape index (κ2) is 6.61. The van der Waals surface area contributed by atoms with Crippen molar-refractivity contribution in [2.24, 2.45) is 0 Å².